The highest BCUT2D eigenvalue weighted by Crippen LogP contribution is 2.36. The lowest BCUT2D eigenvalue weighted by Gasteiger charge is -2.14. The Hall–Kier alpha value is -2.93. The summed E-state index contributed by atoms with van der Waals surface area (Å²) < 4.78 is 12.7. The van der Waals surface area contributed by atoms with Gasteiger partial charge in [-0.25, -0.2) is 4.68 Å². The third-order valence-electron chi connectivity index (χ3n) is 4.80. The molecule has 0 radical (unpaired) electrons. The number of carbonyl (C=O) groups excluding carboxylic acids is 1. The standard InChI is InChI=1S/C22H23N3O3S/c1-14-7-8-20(15(2)9-14)25-22(18-12-29-13-19(18)24-25)23-21(26)11-28-17-6-4-5-16(10-17)27-3/h4-10H,11-13H2,1-3H3,(H,23,26). The molecule has 2 aromatic carbocycles. The maximum Gasteiger partial charge on any atom is 0.263 e. The molecule has 1 N–H and O–H groups in total. The first-order valence-electron chi connectivity index (χ1n) is 9.38. The predicted molar refractivity (Wildman–Crippen MR) is 115 cm³/mol. The molecule has 0 fully saturated rings. The summed E-state index contributed by atoms with van der Waals surface area (Å²) in [5, 5.41) is 7.79. The topological polar surface area (TPSA) is 65.4 Å². The van der Waals surface area contributed by atoms with Gasteiger partial charge in [-0.2, -0.15) is 16.9 Å². The normalized spacial score (nSPS) is 12.5. The minimum absolute atomic E-state index is 0.0901. The number of rotatable bonds is 6. The number of hydrogen-bond acceptors (Lipinski definition) is 5. The van der Waals surface area contributed by atoms with Gasteiger partial charge in [-0.05, 0) is 37.6 Å². The van der Waals surface area contributed by atoms with Gasteiger partial charge < -0.3 is 14.8 Å². The number of aryl methyl sites for hydroxylation is 2. The molecule has 1 aromatic heterocycles. The highest BCUT2D eigenvalue weighted by molar-refractivity contribution is 7.98. The van der Waals surface area contributed by atoms with E-state index in [9.17, 15) is 4.79 Å². The smallest absolute Gasteiger partial charge is 0.263 e. The lowest BCUT2D eigenvalue weighted by atomic mass is 10.1. The molecule has 0 saturated carbocycles. The molecule has 3 aromatic rings. The molecule has 0 spiro atoms. The van der Waals surface area contributed by atoms with Gasteiger partial charge in [0.25, 0.3) is 5.91 Å². The van der Waals surface area contributed by atoms with Gasteiger partial charge in [-0.1, -0.05) is 23.8 Å². The minimum Gasteiger partial charge on any atom is -0.497 e. The zero-order valence-electron chi connectivity index (χ0n) is 16.7. The van der Waals surface area contributed by atoms with Crippen molar-refractivity contribution in [1.29, 1.82) is 0 Å². The summed E-state index contributed by atoms with van der Waals surface area (Å²) in [4.78, 5) is 12.6. The van der Waals surface area contributed by atoms with Gasteiger partial charge in [0.15, 0.2) is 6.61 Å². The average molecular weight is 410 g/mol. The second kappa shape index (κ2) is 8.21. The Morgan fingerprint density at radius 2 is 2.00 bits per heavy atom. The van der Waals surface area contributed by atoms with Crippen LogP contribution in [-0.2, 0) is 16.3 Å². The fraction of sp³-hybridized carbons (Fsp3) is 0.273. The Morgan fingerprint density at radius 3 is 2.79 bits per heavy atom. The Bertz CT molecular complexity index is 1060. The molecule has 0 aliphatic carbocycles. The Kier molecular flexibility index (Phi) is 5.49. The van der Waals surface area contributed by atoms with Crippen molar-refractivity contribution >= 4 is 23.5 Å². The molecule has 0 saturated heterocycles. The first kappa shape index (κ1) is 19.4. The summed E-state index contributed by atoms with van der Waals surface area (Å²) >= 11 is 1.80. The van der Waals surface area contributed by atoms with Crippen molar-refractivity contribution in [3.63, 3.8) is 0 Å². The minimum atomic E-state index is -0.224. The van der Waals surface area contributed by atoms with Gasteiger partial charge in [0, 0.05) is 23.1 Å². The van der Waals surface area contributed by atoms with Crippen LogP contribution in [0.5, 0.6) is 11.5 Å². The van der Waals surface area contributed by atoms with E-state index in [1.165, 1.54) is 5.56 Å². The summed E-state index contributed by atoms with van der Waals surface area (Å²) in [5.74, 6) is 3.48. The molecule has 1 aliphatic heterocycles. The summed E-state index contributed by atoms with van der Waals surface area (Å²) in [6.45, 7) is 4.03. The molecular weight excluding hydrogens is 386 g/mol. The fourth-order valence-corrected chi connectivity index (χ4v) is 4.40. The van der Waals surface area contributed by atoms with E-state index in [-0.39, 0.29) is 12.5 Å². The maximum atomic E-state index is 12.6. The van der Waals surface area contributed by atoms with Crippen molar-refractivity contribution in [3.8, 4) is 17.2 Å². The molecule has 1 amide bonds. The summed E-state index contributed by atoms with van der Waals surface area (Å²) in [6.07, 6.45) is 0. The van der Waals surface area contributed by atoms with Gasteiger partial charge >= 0.3 is 0 Å². The first-order valence-corrected chi connectivity index (χ1v) is 10.5. The molecule has 150 valence electrons. The SMILES string of the molecule is COc1cccc(OCC(=O)Nc2c3c(nn2-c2ccc(C)cc2C)CSC3)c1. The number of methoxy groups -OCH3 is 1. The molecule has 0 atom stereocenters. The maximum absolute atomic E-state index is 12.6. The molecule has 0 bridgehead atoms. The van der Waals surface area contributed by atoms with Crippen LogP contribution >= 0.6 is 11.8 Å². The zero-order chi connectivity index (χ0) is 20.4. The van der Waals surface area contributed by atoms with Crippen molar-refractivity contribution < 1.29 is 14.3 Å². The van der Waals surface area contributed by atoms with E-state index in [4.69, 9.17) is 14.6 Å². The van der Waals surface area contributed by atoms with E-state index in [0.29, 0.717) is 11.5 Å². The van der Waals surface area contributed by atoms with Crippen LogP contribution in [0, 0.1) is 13.8 Å². The van der Waals surface area contributed by atoms with Crippen LogP contribution < -0.4 is 14.8 Å². The number of benzene rings is 2. The van der Waals surface area contributed by atoms with Crippen molar-refractivity contribution in [1.82, 2.24) is 9.78 Å². The van der Waals surface area contributed by atoms with E-state index in [0.717, 1.165) is 39.8 Å². The van der Waals surface area contributed by atoms with Crippen LogP contribution in [-0.4, -0.2) is 29.4 Å². The molecule has 7 heteroatoms. The lowest BCUT2D eigenvalue weighted by molar-refractivity contribution is -0.118. The van der Waals surface area contributed by atoms with Crippen LogP contribution in [0.4, 0.5) is 5.82 Å². The van der Waals surface area contributed by atoms with Gasteiger partial charge in [-0.15, -0.1) is 0 Å². The number of hydrogen-bond donors (Lipinski definition) is 1. The Morgan fingerprint density at radius 1 is 1.17 bits per heavy atom. The van der Waals surface area contributed by atoms with E-state index in [2.05, 4.69) is 31.3 Å². The largest absolute Gasteiger partial charge is 0.497 e. The van der Waals surface area contributed by atoms with Gasteiger partial charge in [-0.3, -0.25) is 4.79 Å². The number of nitrogens with one attached hydrogen (secondary N) is 1. The molecule has 1 aliphatic rings. The highest BCUT2D eigenvalue weighted by atomic mass is 32.2. The average Bonchev–Trinajstić information content (AvgIpc) is 3.29. The van der Waals surface area contributed by atoms with Crippen LogP contribution in [0.1, 0.15) is 22.4 Å². The number of fused-ring (bicyclic) bond motifs is 1. The second-order valence-electron chi connectivity index (χ2n) is 6.98. The third-order valence-corrected chi connectivity index (χ3v) is 5.77. The number of nitrogens with zero attached hydrogens (tertiary/aromatic N) is 2. The number of aromatic nitrogens is 2. The third kappa shape index (κ3) is 4.10. The summed E-state index contributed by atoms with van der Waals surface area (Å²) in [7, 11) is 1.60. The van der Waals surface area contributed by atoms with Crippen molar-refractivity contribution in [2.24, 2.45) is 0 Å². The quantitative estimate of drug-likeness (QED) is 0.659. The van der Waals surface area contributed by atoms with Crippen LogP contribution in [0.3, 0.4) is 0 Å². The van der Waals surface area contributed by atoms with Crippen molar-refractivity contribution in [2.45, 2.75) is 25.4 Å². The number of thioether (sulfide) groups is 1. The number of amides is 1. The molecule has 6 nitrogen and oxygen atoms in total. The fourth-order valence-electron chi connectivity index (χ4n) is 3.37. The molecule has 29 heavy (non-hydrogen) atoms. The second-order valence-corrected chi connectivity index (χ2v) is 7.97. The number of ether oxygens (including phenoxy) is 2. The Labute approximate surface area is 174 Å². The van der Waals surface area contributed by atoms with Crippen LogP contribution in [0.25, 0.3) is 5.69 Å². The van der Waals surface area contributed by atoms with Gasteiger partial charge in [0.05, 0.1) is 18.5 Å². The molecule has 2 heterocycles. The summed E-state index contributed by atoms with van der Waals surface area (Å²) in [6, 6.07) is 13.4. The Balaban J connectivity index is 1.55. The van der Waals surface area contributed by atoms with E-state index < -0.39 is 0 Å². The van der Waals surface area contributed by atoms with Crippen molar-refractivity contribution in [2.75, 3.05) is 19.0 Å². The van der Waals surface area contributed by atoms with Crippen LogP contribution in [0.2, 0.25) is 0 Å². The molecular formula is C22H23N3O3S. The van der Waals surface area contributed by atoms with Crippen molar-refractivity contribution in [3.05, 3.63) is 64.8 Å². The molecule has 0 unspecified atom stereocenters. The van der Waals surface area contributed by atoms with Gasteiger partial charge in [0.2, 0.25) is 0 Å². The van der Waals surface area contributed by atoms with Gasteiger partial charge in [0.1, 0.15) is 17.3 Å². The first-order chi connectivity index (χ1) is 14.0. The van der Waals surface area contributed by atoms with Crippen LogP contribution in [0.15, 0.2) is 42.5 Å². The van der Waals surface area contributed by atoms with E-state index in [1.54, 1.807) is 31.0 Å². The highest BCUT2D eigenvalue weighted by Gasteiger charge is 2.25. The van der Waals surface area contributed by atoms with E-state index >= 15 is 0 Å². The lowest BCUT2D eigenvalue weighted by Crippen LogP contribution is -2.22. The monoisotopic (exact) mass is 409 g/mol. The number of carbonyl (C=O) groups is 1. The van der Waals surface area contributed by atoms with E-state index in [1.807, 2.05) is 22.9 Å². The number of anilines is 1. The molecule has 4 rings (SSSR count). The summed E-state index contributed by atoms with van der Waals surface area (Å²) in [5.41, 5.74) is 5.39. The predicted octanol–water partition coefficient (Wildman–Crippen LogP) is 4.26. The zero-order valence-corrected chi connectivity index (χ0v) is 17.5.